The smallest absolute Gasteiger partial charge is 0.220 e. The number of rotatable bonds is 5. The molecule has 0 saturated heterocycles. The minimum atomic E-state index is 0.0725. The summed E-state index contributed by atoms with van der Waals surface area (Å²) in [5, 5.41) is 2.97. The zero-order valence-corrected chi connectivity index (χ0v) is 12.5. The molecule has 2 atom stereocenters. The van der Waals surface area contributed by atoms with E-state index in [9.17, 15) is 4.79 Å². The highest BCUT2D eigenvalue weighted by molar-refractivity contribution is 5.76. The van der Waals surface area contributed by atoms with Crippen LogP contribution in [0.5, 0.6) is 0 Å². The van der Waals surface area contributed by atoms with E-state index < -0.39 is 0 Å². The number of amides is 1. The third kappa shape index (κ3) is 3.51. The highest BCUT2D eigenvalue weighted by atomic mass is 16.1. The zero-order chi connectivity index (χ0) is 15.4. The van der Waals surface area contributed by atoms with Crippen molar-refractivity contribution in [1.29, 1.82) is 0 Å². The van der Waals surface area contributed by atoms with Crippen molar-refractivity contribution in [2.24, 2.45) is 11.7 Å². The quantitative estimate of drug-likeness (QED) is 0.874. The summed E-state index contributed by atoms with van der Waals surface area (Å²) < 4.78 is 1.84. The number of aromatic nitrogens is 3. The number of nitrogens with two attached hydrogens (primary N) is 1. The molecular formula is C16H21N5O. The Morgan fingerprint density at radius 3 is 3.05 bits per heavy atom. The largest absolute Gasteiger partial charge is 0.352 e. The summed E-state index contributed by atoms with van der Waals surface area (Å²) in [5.74, 6) is 1.20. The maximum absolute atomic E-state index is 12.0. The van der Waals surface area contributed by atoms with Gasteiger partial charge < -0.3 is 11.1 Å². The Hall–Kier alpha value is -2.21. The van der Waals surface area contributed by atoms with Gasteiger partial charge in [-0.25, -0.2) is 9.97 Å². The molecule has 2 aromatic heterocycles. The number of hydrogen-bond acceptors (Lipinski definition) is 4. The minimum absolute atomic E-state index is 0.0725. The molecule has 0 bridgehead atoms. The van der Waals surface area contributed by atoms with Crippen molar-refractivity contribution in [3.63, 3.8) is 0 Å². The number of carbonyl (C=O) groups is 1. The van der Waals surface area contributed by atoms with Gasteiger partial charge in [0.1, 0.15) is 12.1 Å². The summed E-state index contributed by atoms with van der Waals surface area (Å²) in [6, 6.07) is 4.03. The van der Waals surface area contributed by atoms with Crippen molar-refractivity contribution in [2.45, 2.75) is 38.3 Å². The number of nitrogens with zero attached hydrogens (tertiary/aromatic N) is 3. The maximum atomic E-state index is 12.0. The highest BCUT2D eigenvalue weighted by Gasteiger charge is 2.25. The number of nitrogens with one attached hydrogen (secondary N) is 1. The number of imidazole rings is 1. The van der Waals surface area contributed by atoms with Gasteiger partial charge in [-0.15, -0.1) is 0 Å². The van der Waals surface area contributed by atoms with E-state index in [-0.39, 0.29) is 11.9 Å². The molecule has 1 amide bonds. The lowest BCUT2D eigenvalue weighted by atomic mass is 10.00. The van der Waals surface area contributed by atoms with E-state index in [0.29, 0.717) is 18.9 Å². The first-order valence-corrected chi connectivity index (χ1v) is 7.68. The van der Waals surface area contributed by atoms with Crippen LogP contribution in [0.4, 0.5) is 0 Å². The molecule has 1 saturated carbocycles. The first-order valence-electron chi connectivity index (χ1n) is 7.68. The monoisotopic (exact) mass is 299 g/mol. The van der Waals surface area contributed by atoms with Gasteiger partial charge in [0.05, 0.1) is 0 Å². The van der Waals surface area contributed by atoms with E-state index in [0.717, 1.165) is 30.6 Å². The zero-order valence-electron chi connectivity index (χ0n) is 12.5. The fourth-order valence-corrected chi connectivity index (χ4v) is 2.94. The van der Waals surface area contributed by atoms with Crippen LogP contribution < -0.4 is 11.1 Å². The van der Waals surface area contributed by atoms with E-state index in [1.54, 1.807) is 18.7 Å². The lowest BCUT2D eigenvalue weighted by Crippen LogP contribution is -2.31. The van der Waals surface area contributed by atoms with Crippen LogP contribution >= 0.6 is 0 Å². The van der Waals surface area contributed by atoms with E-state index in [4.69, 9.17) is 5.73 Å². The van der Waals surface area contributed by atoms with Crippen LogP contribution in [-0.2, 0) is 11.3 Å². The van der Waals surface area contributed by atoms with Crippen molar-refractivity contribution < 1.29 is 4.79 Å². The van der Waals surface area contributed by atoms with Crippen LogP contribution in [0.3, 0.4) is 0 Å². The lowest BCUT2D eigenvalue weighted by molar-refractivity contribution is -0.122. The topological polar surface area (TPSA) is 85.8 Å². The molecule has 0 aromatic carbocycles. The third-order valence-corrected chi connectivity index (χ3v) is 4.23. The van der Waals surface area contributed by atoms with Gasteiger partial charge in [-0.05, 0) is 36.5 Å². The third-order valence-electron chi connectivity index (χ3n) is 4.23. The first kappa shape index (κ1) is 14.7. The van der Waals surface area contributed by atoms with Crippen molar-refractivity contribution in [3.05, 3.63) is 42.6 Å². The van der Waals surface area contributed by atoms with Crippen LogP contribution in [0.25, 0.3) is 5.82 Å². The molecule has 0 unspecified atom stereocenters. The SMILES string of the molecule is N[C@@H]1CCC[C@H]1CC(=O)NCc1ccnc(-n2ccnc2)c1. The van der Waals surface area contributed by atoms with Crippen LogP contribution in [0.2, 0.25) is 0 Å². The van der Waals surface area contributed by atoms with Crippen LogP contribution in [0, 0.1) is 5.92 Å². The van der Waals surface area contributed by atoms with Crippen LogP contribution in [0.1, 0.15) is 31.2 Å². The van der Waals surface area contributed by atoms with E-state index in [2.05, 4.69) is 15.3 Å². The summed E-state index contributed by atoms with van der Waals surface area (Å²) in [4.78, 5) is 20.3. The average molecular weight is 299 g/mol. The molecule has 1 aliphatic rings. The number of pyridine rings is 1. The first-order chi connectivity index (χ1) is 10.7. The summed E-state index contributed by atoms with van der Waals surface area (Å²) in [6.45, 7) is 0.505. The molecule has 1 fully saturated rings. The predicted molar refractivity (Wildman–Crippen MR) is 83.1 cm³/mol. The van der Waals surface area contributed by atoms with Gasteiger partial charge in [-0.3, -0.25) is 9.36 Å². The Morgan fingerprint density at radius 1 is 1.41 bits per heavy atom. The molecule has 1 aliphatic carbocycles. The molecular weight excluding hydrogens is 278 g/mol. The van der Waals surface area contributed by atoms with E-state index in [1.165, 1.54) is 0 Å². The van der Waals surface area contributed by atoms with E-state index in [1.807, 2.05) is 22.9 Å². The fraction of sp³-hybridized carbons (Fsp3) is 0.438. The predicted octanol–water partition coefficient (Wildman–Crippen LogP) is 1.40. The highest BCUT2D eigenvalue weighted by Crippen LogP contribution is 2.26. The minimum Gasteiger partial charge on any atom is -0.352 e. The Morgan fingerprint density at radius 2 is 2.32 bits per heavy atom. The summed E-state index contributed by atoms with van der Waals surface area (Å²) >= 11 is 0. The van der Waals surface area contributed by atoms with Gasteiger partial charge in [-0.1, -0.05) is 6.42 Å². The lowest BCUT2D eigenvalue weighted by Gasteiger charge is -2.14. The van der Waals surface area contributed by atoms with Crippen molar-refractivity contribution >= 4 is 5.91 Å². The molecule has 3 N–H and O–H groups in total. The van der Waals surface area contributed by atoms with Gasteiger partial charge in [0.15, 0.2) is 0 Å². The molecule has 0 spiro atoms. The van der Waals surface area contributed by atoms with Crippen molar-refractivity contribution in [1.82, 2.24) is 19.9 Å². The second-order valence-corrected chi connectivity index (χ2v) is 5.83. The Labute approximate surface area is 129 Å². The molecule has 22 heavy (non-hydrogen) atoms. The standard InChI is InChI=1S/C16H21N5O/c17-14-3-1-2-13(14)9-16(22)20-10-12-4-5-19-15(8-12)21-7-6-18-11-21/h4-8,11,13-14H,1-3,9-10,17H2,(H,20,22)/t13-,14+/m0/s1. The Bertz CT molecular complexity index is 625. The average Bonchev–Trinajstić information content (AvgIpc) is 3.18. The molecule has 116 valence electrons. The Kier molecular flexibility index (Phi) is 4.48. The van der Waals surface area contributed by atoms with Gasteiger partial charge in [0.2, 0.25) is 5.91 Å². The van der Waals surface area contributed by atoms with Crippen molar-refractivity contribution in [3.8, 4) is 5.82 Å². The molecule has 0 aliphatic heterocycles. The van der Waals surface area contributed by atoms with Gasteiger partial charge in [0, 0.05) is 37.6 Å². The summed E-state index contributed by atoms with van der Waals surface area (Å²) in [5.41, 5.74) is 7.03. The molecule has 6 nitrogen and oxygen atoms in total. The second kappa shape index (κ2) is 6.70. The maximum Gasteiger partial charge on any atom is 0.220 e. The van der Waals surface area contributed by atoms with E-state index >= 15 is 0 Å². The molecule has 2 aromatic rings. The molecule has 6 heteroatoms. The van der Waals surface area contributed by atoms with Crippen molar-refractivity contribution in [2.75, 3.05) is 0 Å². The van der Waals surface area contributed by atoms with Gasteiger partial charge >= 0.3 is 0 Å². The summed E-state index contributed by atoms with van der Waals surface area (Å²) in [7, 11) is 0. The molecule has 2 heterocycles. The van der Waals surface area contributed by atoms with Gasteiger partial charge in [0.25, 0.3) is 0 Å². The number of hydrogen-bond donors (Lipinski definition) is 2. The normalized spacial score (nSPS) is 21.0. The van der Waals surface area contributed by atoms with Crippen LogP contribution in [0.15, 0.2) is 37.1 Å². The summed E-state index contributed by atoms with van der Waals surface area (Å²) in [6.07, 6.45) is 10.8. The molecule has 3 rings (SSSR count). The molecule has 0 radical (unpaired) electrons. The Balaban J connectivity index is 1.55. The van der Waals surface area contributed by atoms with Gasteiger partial charge in [-0.2, -0.15) is 0 Å². The second-order valence-electron chi connectivity index (χ2n) is 5.83. The van der Waals surface area contributed by atoms with Crippen LogP contribution in [-0.4, -0.2) is 26.5 Å². The number of carbonyl (C=O) groups excluding carboxylic acids is 1. The fourth-order valence-electron chi connectivity index (χ4n) is 2.94.